The van der Waals surface area contributed by atoms with Crippen molar-refractivity contribution in [3.8, 4) is 0 Å². The lowest BCUT2D eigenvalue weighted by molar-refractivity contribution is 0.0448. The molecule has 1 fully saturated rings. The van der Waals surface area contributed by atoms with Gasteiger partial charge in [-0.1, -0.05) is 29.8 Å². The van der Waals surface area contributed by atoms with E-state index in [4.69, 9.17) is 10.5 Å². The monoisotopic (exact) mass is 248 g/mol. The number of benzene rings is 1. The van der Waals surface area contributed by atoms with E-state index in [9.17, 15) is 0 Å². The molecule has 1 unspecified atom stereocenters. The number of aryl methyl sites for hydroxylation is 1. The van der Waals surface area contributed by atoms with Crippen LogP contribution >= 0.6 is 0 Å². The standard InChI is InChI=1S/C15H24N2O/c1-12-3-5-13(6-4-12)14(16)11-17-15(2)7-9-18-10-8-15/h3-6,14,17H,7-11,16H2,1-2H3. The summed E-state index contributed by atoms with van der Waals surface area (Å²) in [5.74, 6) is 0. The van der Waals surface area contributed by atoms with E-state index >= 15 is 0 Å². The number of hydrogen-bond acceptors (Lipinski definition) is 3. The Hall–Kier alpha value is -0.900. The van der Waals surface area contributed by atoms with E-state index in [1.807, 2.05) is 0 Å². The quantitative estimate of drug-likeness (QED) is 0.858. The average Bonchev–Trinajstić information content (AvgIpc) is 2.38. The first-order valence-electron chi connectivity index (χ1n) is 6.74. The van der Waals surface area contributed by atoms with Crippen LogP contribution in [0.2, 0.25) is 0 Å². The van der Waals surface area contributed by atoms with E-state index in [2.05, 4.69) is 43.4 Å². The molecular weight excluding hydrogens is 224 g/mol. The Balaban J connectivity index is 1.87. The highest BCUT2D eigenvalue weighted by Crippen LogP contribution is 2.20. The first kappa shape index (κ1) is 13.5. The zero-order chi connectivity index (χ0) is 13.0. The molecule has 0 aliphatic carbocycles. The topological polar surface area (TPSA) is 47.3 Å². The summed E-state index contributed by atoms with van der Waals surface area (Å²) in [6.45, 7) is 6.88. The molecule has 1 heterocycles. The highest BCUT2D eigenvalue weighted by molar-refractivity contribution is 5.24. The number of nitrogens with two attached hydrogens (primary N) is 1. The van der Waals surface area contributed by atoms with Gasteiger partial charge in [-0.05, 0) is 32.3 Å². The Morgan fingerprint density at radius 3 is 2.50 bits per heavy atom. The Bertz CT molecular complexity index is 369. The fraction of sp³-hybridized carbons (Fsp3) is 0.600. The van der Waals surface area contributed by atoms with E-state index in [1.54, 1.807) is 0 Å². The van der Waals surface area contributed by atoms with E-state index < -0.39 is 0 Å². The SMILES string of the molecule is Cc1ccc(C(N)CNC2(C)CCOCC2)cc1. The van der Waals surface area contributed by atoms with Crippen molar-refractivity contribution in [2.24, 2.45) is 5.73 Å². The molecule has 1 aromatic rings. The molecule has 1 saturated heterocycles. The fourth-order valence-electron chi connectivity index (χ4n) is 2.29. The molecule has 0 spiro atoms. The summed E-state index contributed by atoms with van der Waals surface area (Å²) in [5.41, 5.74) is 8.88. The van der Waals surface area contributed by atoms with Crippen LogP contribution in [0.1, 0.15) is 36.9 Å². The van der Waals surface area contributed by atoms with Crippen LogP contribution < -0.4 is 11.1 Å². The molecule has 1 aliphatic rings. The summed E-state index contributed by atoms with van der Waals surface area (Å²) in [6, 6.07) is 8.53. The molecule has 0 saturated carbocycles. The summed E-state index contributed by atoms with van der Waals surface area (Å²) in [5, 5.41) is 3.61. The van der Waals surface area contributed by atoms with Crippen molar-refractivity contribution in [3.05, 3.63) is 35.4 Å². The summed E-state index contributed by atoms with van der Waals surface area (Å²) < 4.78 is 5.40. The highest BCUT2D eigenvalue weighted by atomic mass is 16.5. The molecule has 3 N–H and O–H groups in total. The second-order valence-electron chi connectivity index (χ2n) is 5.57. The smallest absolute Gasteiger partial charge is 0.0483 e. The average molecular weight is 248 g/mol. The molecule has 0 amide bonds. The summed E-state index contributed by atoms with van der Waals surface area (Å²) in [6.07, 6.45) is 2.13. The van der Waals surface area contributed by atoms with Crippen LogP contribution in [0.5, 0.6) is 0 Å². The number of ether oxygens (including phenoxy) is 1. The highest BCUT2D eigenvalue weighted by Gasteiger charge is 2.27. The minimum atomic E-state index is 0.0604. The van der Waals surface area contributed by atoms with Crippen molar-refractivity contribution >= 4 is 0 Å². The molecular formula is C15H24N2O. The first-order chi connectivity index (χ1) is 8.59. The molecule has 0 aromatic heterocycles. The minimum absolute atomic E-state index is 0.0604. The van der Waals surface area contributed by atoms with Gasteiger partial charge < -0.3 is 15.8 Å². The summed E-state index contributed by atoms with van der Waals surface area (Å²) in [4.78, 5) is 0. The van der Waals surface area contributed by atoms with Crippen molar-refractivity contribution in [3.63, 3.8) is 0 Å². The van der Waals surface area contributed by atoms with Crippen molar-refractivity contribution < 1.29 is 4.74 Å². The third-order valence-corrected chi connectivity index (χ3v) is 3.85. The lowest BCUT2D eigenvalue weighted by atomic mass is 9.92. The maximum atomic E-state index is 6.23. The van der Waals surface area contributed by atoms with E-state index in [0.29, 0.717) is 0 Å². The van der Waals surface area contributed by atoms with Gasteiger partial charge in [0.2, 0.25) is 0 Å². The van der Waals surface area contributed by atoms with Gasteiger partial charge in [-0.3, -0.25) is 0 Å². The molecule has 3 heteroatoms. The molecule has 0 bridgehead atoms. The van der Waals surface area contributed by atoms with Gasteiger partial charge in [0, 0.05) is 31.3 Å². The van der Waals surface area contributed by atoms with Crippen LogP contribution in [0.25, 0.3) is 0 Å². The molecule has 1 atom stereocenters. The fourth-order valence-corrected chi connectivity index (χ4v) is 2.29. The van der Waals surface area contributed by atoms with Crippen LogP contribution in [0, 0.1) is 6.92 Å². The van der Waals surface area contributed by atoms with E-state index in [1.165, 1.54) is 11.1 Å². The van der Waals surface area contributed by atoms with E-state index in [-0.39, 0.29) is 11.6 Å². The third-order valence-electron chi connectivity index (χ3n) is 3.85. The predicted octanol–water partition coefficient (Wildman–Crippen LogP) is 2.15. The normalized spacial score (nSPS) is 20.6. The maximum Gasteiger partial charge on any atom is 0.0483 e. The zero-order valence-electron chi connectivity index (χ0n) is 11.4. The second kappa shape index (κ2) is 5.83. The Morgan fingerprint density at radius 2 is 1.89 bits per heavy atom. The number of rotatable bonds is 4. The van der Waals surface area contributed by atoms with Crippen molar-refractivity contribution in [2.75, 3.05) is 19.8 Å². The van der Waals surface area contributed by atoms with Gasteiger partial charge in [0.1, 0.15) is 0 Å². The van der Waals surface area contributed by atoms with Gasteiger partial charge in [-0.15, -0.1) is 0 Å². The maximum absolute atomic E-state index is 6.23. The summed E-state index contributed by atoms with van der Waals surface area (Å²) in [7, 11) is 0. The largest absolute Gasteiger partial charge is 0.381 e. The van der Waals surface area contributed by atoms with Gasteiger partial charge >= 0.3 is 0 Å². The van der Waals surface area contributed by atoms with Crippen molar-refractivity contribution in [1.29, 1.82) is 0 Å². The number of hydrogen-bond donors (Lipinski definition) is 2. The van der Waals surface area contributed by atoms with Gasteiger partial charge in [0.25, 0.3) is 0 Å². The molecule has 0 radical (unpaired) electrons. The molecule has 1 aromatic carbocycles. The lowest BCUT2D eigenvalue weighted by Gasteiger charge is -2.35. The Kier molecular flexibility index (Phi) is 4.38. The van der Waals surface area contributed by atoms with Gasteiger partial charge in [-0.25, -0.2) is 0 Å². The van der Waals surface area contributed by atoms with Gasteiger partial charge in [0.05, 0.1) is 0 Å². The van der Waals surface area contributed by atoms with Crippen LogP contribution in [0.15, 0.2) is 24.3 Å². The Labute approximate surface area is 110 Å². The van der Waals surface area contributed by atoms with Gasteiger partial charge in [-0.2, -0.15) is 0 Å². The third kappa shape index (κ3) is 3.55. The zero-order valence-corrected chi connectivity index (χ0v) is 11.4. The lowest BCUT2D eigenvalue weighted by Crippen LogP contribution is -2.49. The molecule has 2 rings (SSSR count). The van der Waals surface area contributed by atoms with Crippen molar-refractivity contribution in [2.45, 2.75) is 38.3 Å². The minimum Gasteiger partial charge on any atom is -0.381 e. The van der Waals surface area contributed by atoms with Crippen LogP contribution in [0.3, 0.4) is 0 Å². The van der Waals surface area contributed by atoms with Crippen molar-refractivity contribution in [1.82, 2.24) is 5.32 Å². The van der Waals surface area contributed by atoms with E-state index in [0.717, 1.165) is 32.6 Å². The summed E-state index contributed by atoms with van der Waals surface area (Å²) >= 11 is 0. The molecule has 100 valence electrons. The van der Waals surface area contributed by atoms with Crippen LogP contribution in [-0.2, 0) is 4.74 Å². The second-order valence-corrected chi connectivity index (χ2v) is 5.57. The molecule has 18 heavy (non-hydrogen) atoms. The molecule has 1 aliphatic heterocycles. The molecule has 3 nitrogen and oxygen atoms in total. The van der Waals surface area contributed by atoms with Crippen LogP contribution in [0.4, 0.5) is 0 Å². The number of nitrogens with one attached hydrogen (secondary N) is 1. The first-order valence-corrected chi connectivity index (χ1v) is 6.74. The predicted molar refractivity (Wildman–Crippen MR) is 74.6 cm³/mol. The Morgan fingerprint density at radius 1 is 1.28 bits per heavy atom. The van der Waals surface area contributed by atoms with Gasteiger partial charge in [0.15, 0.2) is 0 Å². The van der Waals surface area contributed by atoms with Crippen LogP contribution in [-0.4, -0.2) is 25.3 Å².